The van der Waals surface area contributed by atoms with E-state index in [-0.39, 0.29) is 31.5 Å². The van der Waals surface area contributed by atoms with Crippen LogP contribution in [0.1, 0.15) is 38.7 Å². The fourth-order valence-corrected chi connectivity index (χ4v) is 2.69. The summed E-state index contributed by atoms with van der Waals surface area (Å²) in [5, 5.41) is 19.5. The number of anilines is 1. The van der Waals surface area contributed by atoms with Crippen molar-refractivity contribution in [1.29, 1.82) is 0 Å². The maximum Gasteiger partial charge on any atom is 0.430 e. The first-order valence-corrected chi connectivity index (χ1v) is 9.04. The zero-order valence-corrected chi connectivity index (χ0v) is 17.0. The largest absolute Gasteiger partial charge is 0.469 e. The SMILES string of the molecule is COC(=O)CCCCN(C(=O)C(C)(C)O)c1ccc(C(O)(C(F)(F)F)C(F)(F)F)cc1. The highest BCUT2D eigenvalue weighted by Crippen LogP contribution is 2.50. The molecule has 1 rings (SSSR count). The highest BCUT2D eigenvalue weighted by molar-refractivity contribution is 5.98. The average Bonchev–Trinajstić information content (AvgIpc) is 2.64. The van der Waals surface area contributed by atoms with Crippen LogP contribution in [0.4, 0.5) is 32.0 Å². The summed E-state index contributed by atoms with van der Waals surface area (Å²) in [5.74, 6) is -1.36. The van der Waals surface area contributed by atoms with E-state index in [1.165, 1.54) is 7.11 Å². The van der Waals surface area contributed by atoms with Crippen molar-refractivity contribution in [2.24, 2.45) is 0 Å². The Kier molecular flexibility index (Phi) is 8.12. The highest BCUT2D eigenvalue weighted by Gasteiger charge is 2.71. The van der Waals surface area contributed by atoms with Gasteiger partial charge in [0.1, 0.15) is 5.60 Å². The minimum Gasteiger partial charge on any atom is -0.469 e. The van der Waals surface area contributed by atoms with Crippen LogP contribution in [0, 0.1) is 0 Å². The molecule has 2 N–H and O–H groups in total. The molecule has 0 aliphatic heterocycles. The molecule has 6 nitrogen and oxygen atoms in total. The first kappa shape index (κ1) is 26.7. The first-order valence-electron chi connectivity index (χ1n) is 9.04. The fraction of sp³-hybridized carbons (Fsp3) is 0.579. The van der Waals surface area contributed by atoms with Crippen LogP contribution in [-0.4, -0.2) is 53.7 Å². The predicted octanol–water partition coefficient (Wildman–Crippen LogP) is 3.45. The van der Waals surface area contributed by atoms with Gasteiger partial charge >= 0.3 is 18.3 Å². The molecule has 0 radical (unpaired) electrons. The van der Waals surface area contributed by atoms with E-state index in [1.807, 2.05) is 0 Å². The number of aliphatic hydroxyl groups is 2. The molecule has 0 heterocycles. The van der Waals surface area contributed by atoms with E-state index in [0.717, 1.165) is 30.9 Å². The number of halogens is 6. The lowest BCUT2D eigenvalue weighted by atomic mass is 9.92. The second-order valence-electron chi connectivity index (χ2n) is 7.30. The van der Waals surface area contributed by atoms with Crippen LogP contribution in [0.15, 0.2) is 24.3 Å². The summed E-state index contributed by atoms with van der Waals surface area (Å²) in [7, 11) is 1.19. The number of amides is 1. The Morgan fingerprint density at radius 1 is 0.935 bits per heavy atom. The van der Waals surface area contributed by atoms with E-state index in [9.17, 15) is 46.1 Å². The molecule has 0 aliphatic rings. The van der Waals surface area contributed by atoms with Crippen molar-refractivity contribution in [3.63, 3.8) is 0 Å². The number of hydrogen-bond acceptors (Lipinski definition) is 5. The van der Waals surface area contributed by atoms with Crippen LogP contribution >= 0.6 is 0 Å². The minimum atomic E-state index is -6.04. The van der Waals surface area contributed by atoms with Crippen molar-refractivity contribution in [3.8, 4) is 0 Å². The lowest BCUT2D eigenvalue weighted by Crippen LogP contribution is -2.53. The standard InChI is InChI=1S/C19H23F6NO5/c1-16(2,29)15(28)26(11-5-4-6-14(27)31-3)13-9-7-12(8-10-13)17(30,18(20,21)22)19(23,24)25/h7-10,29-30H,4-6,11H2,1-3H3. The highest BCUT2D eigenvalue weighted by atomic mass is 19.4. The quantitative estimate of drug-likeness (QED) is 0.353. The van der Waals surface area contributed by atoms with Gasteiger partial charge in [0, 0.05) is 24.2 Å². The monoisotopic (exact) mass is 459 g/mol. The predicted molar refractivity (Wildman–Crippen MR) is 97.0 cm³/mol. The van der Waals surface area contributed by atoms with Gasteiger partial charge in [0.15, 0.2) is 0 Å². The van der Waals surface area contributed by atoms with Gasteiger partial charge in [-0.05, 0) is 38.8 Å². The minimum absolute atomic E-state index is 0.0319. The van der Waals surface area contributed by atoms with E-state index in [4.69, 9.17) is 0 Å². The van der Waals surface area contributed by atoms with Gasteiger partial charge in [-0.2, -0.15) is 26.3 Å². The molecule has 176 valence electrons. The van der Waals surface area contributed by atoms with Crippen LogP contribution in [-0.2, 0) is 19.9 Å². The smallest absolute Gasteiger partial charge is 0.430 e. The number of ether oxygens (including phenoxy) is 1. The van der Waals surface area contributed by atoms with Crippen LogP contribution in [0.3, 0.4) is 0 Å². The molecule has 0 bridgehead atoms. The number of methoxy groups -OCH3 is 1. The van der Waals surface area contributed by atoms with Crippen molar-refractivity contribution in [2.45, 2.75) is 56.7 Å². The van der Waals surface area contributed by atoms with Gasteiger partial charge in [0.05, 0.1) is 7.11 Å². The van der Waals surface area contributed by atoms with Crippen LogP contribution in [0.25, 0.3) is 0 Å². The van der Waals surface area contributed by atoms with Gasteiger partial charge in [-0.3, -0.25) is 9.59 Å². The number of rotatable bonds is 8. The summed E-state index contributed by atoms with van der Waals surface area (Å²) in [5.41, 5.74) is -8.55. The number of carbonyl (C=O) groups is 2. The normalized spacial score (nSPS) is 13.1. The molecule has 0 saturated heterocycles. The molecule has 0 spiro atoms. The average molecular weight is 459 g/mol. The summed E-state index contributed by atoms with van der Waals surface area (Å²) in [4.78, 5) is 24.7. The van der Waals surface area contributed by atoms with E-state index in [2.05, 4.69) is 4.74 Å². The zero-order chi connectivity index (χ0) is 24.3. The molecule has 1 amide bonds. The molecule has 0 aliphatic carbocycles. The van der Waals surface area contributed by atoms with Crippen molar-refractivity contribution in [2.75, 3.05) is 18.6 Å². The van der Waals surface area contributed by atoms with Gasteiger partial charge < -0.3 is 19.8 Å². The Morgan fingerprint density at radius 3 is 1.81 bits per heavy atom. The lowest BCUT2D eigenvalue weighted by molar-refractivity contribution is -0.376. The Bertz CT molecular complexity index is 754. The Balaban J connectivity index is 3.24. The summed E-state index contributed by atoms with van der Waals surface area (Å²) < 4.78 is 82.6. The van der Waals surface area contributed by atoms with Gasteiger partial charge in [0.25, 0.3) is 11.5 Å². The van der Waals surface area contributed by atoms with Gasteiger partial charge in [-0.15, -0.1) is 0 Å². The molecule has 1 aromatic carbocycles. The molecule has 0 aromatic heterocycles. The summed E-state index contributed by atoms with van der Waals surface area (Å²) in [6.07, 6.45) is -11.5. The molecule has 0 unspecified atom stereocenters. The van der Waals surface area contributed by atoms with Crippen LogP contribution in [0.2, 0.25) is 0 Å². The number of nitrogens with zero attached hydrogens (tertiary/aromatic N) is 1. The Hall–Kier alpha value is -2.34. The number of esters is 1. The van der Waals surface area contributed by atoms with Crippen molar-refractivity contribution in [3.05, 3.63) is 29.8 Å². The molecule has 0 fully saturated rings. The summed E-state index contributed by atoms with van der Waals surface area (Å²) in [6.45, 7) is 2.25. The topological polar surface area (TPSA) is 87.1 Å². The third-order valence-electron chi connectivity index (χ3n) is 4.43. The molecule has 1 aromatic rings. The number of benzene rings is 1. The molecule has 12 heteroatoms. The van der Waals surface area contributed by atoms with Crippen molar-refractivity contribution < 1.29 is 50.9 Å². The number of carbonyl (C=O) groups excluding carboxylic acids is 2. The fourth-order valence-electron chi connectivity index (χ4n) is 2.69. The number of hydrogen-bond donors (Lipinski definition) is 2. The molecular weight excluding hydrogens is 436 g/mol. The Morgan fingerprint density at radius 2 is 1.42 bits per heavy atom. The molecule has 0 atom stereocenters. The zero-order valence-electron chi connectivity index (χ0n) is 17.0. The van der Waals surface area contributed by atoms with Crippen molar-refractivity contribution in [1.82, 2.24) is 0 Å². The third kappa shape index (κ3) is 6.10. The second kappa shape index (κ2) is 9.43. The molecule has 31 heavy (non-hydrogen) atoms. The van der Waals surface area contributed by atoms with E-state index >= 15 is 0 Å². The van der Waals surface area contributed by atoms with Crippen LogP contribution < -0.4 is 4.90 Å². The van der Waals surface area contributed by atoms with E-state index < -0.39 is 41.0 Å². The number of alkyl halides is 6. The molecule has 0 saturated carbocycles. The van der Waals surface area contributed by atoms with Crippen molar-refractivity contribution >= 4 is 17.6 Å². The lowest BCUT2D eigenvalue weighted by Gasteiger charge is -2.33. The summed E-state index contributed by atoms with van der Waals surface area (Å²) >= 11 is 0. The van der Waals surface area contributed by atoms with Gasteiger partial charge in [0.2, 0.25) is 0 Å². The summed E-state index contributed by atoms with van der Waals surface area (Å²) in [6, 6.07) is 2.44. The van der Waals surface area contributed by atoms with E-state index in [1.54, 1.807) is 0 Å². The maximum atomic E-state index is 13.0. The number of unbranched alkanes of at least 4 members (excludes halogenated alkanes) is 1. The van der Waals surface area contributed by atoms with Crippen LogP contribution in [0.5, 0.6) is 0 Å². The maximum absolute atomic E-state index is 13.0. The van der Waals surface area contributed by atoms with Gasteiger partial charge in [-0.1, -0.05) is 12.1 Å². The van der Waals surface area contributed by atoms with E-state index in [0.29, 0.717) is 12.1 Å². The first-order chi connectivity index (χ1) is 14.0. The molecular formula is C19H23F6NO5. The second-order valence-corrected chi connectivity index (χ2v) is 7.30. The third-order valence-corrected chi connectivity index (χ3v) is 4.43. The van der Waals surface area contributed by atoms with Gasteiger partial charge in [-0.25, -0.2) is 0 Å². The Labute approximate surface area is 174 Å².